The van der Waals surface area contributed by atoms with Crippen molar-refractivity contribution in [1.82, 2.24) is 24.8 Å². The minimum absolute atomic E-state index is 0.0189. The van der Waals surface area contributed by atoms with Crippen LogP contribution in [0.25, 0.3) is 22.4 Å². The largest absolute Gasteiger partial charge is 0.491 e. The summed E-state index contributed by atoms with van der Waals surface area (Å²) in [6.45, 7) is 2.96. The van der Waals surface area contributed by atoms with E-state index in [4.69, 9.17) is 21.9 Å². The number of rotatable bonds is 6. The molecule has 10 nitrogen and oxygen atoms in total. The van der Waals surface area contributed by atoms with Crippen LogP contribution in [0, 0.1) is 0 Å². The lowest BCUT2D eigenvalue weighted by Crippen LogP contribution is -2.38. The van der Waals surface area contributed by atoms with Crippen LogP contribution in [0.1, 0.15) is 19.3 Å². The number of nitrogen functional groups attached to an aromatic ring is 3. The second-order valence-electron chi connectivity index (χ2n) is 7.45. The van der Waals surface area contributed by atoms with Crippen molar-refractivity contribution in [1.29, 1.82) is 0 Å². The summed E-state index contributed by atoms with van der Waals surface area (Å²) in [6, 6.07) is 7.26. The maximum atomic E-state index is 10.2. The number of aliphatic hydroxyl groups excluding tert-OH is 1. The third kappa shape index (κ3) is 4.50. The lowest BCUT2D eigenvalue weighted by Gasteiger charge is -2.28. The predicted octanol–water partition coefficient (Wildman–Crippen LogP) is 1.06. The van der Waals surface area contributed by atoms with Crippen LogP contribution in [-0.4, -0.2) is 62.3 Å². The number of benzene rings is 1. The van der Waals surface area contributed by atoms with E-state index in [1.807, 2.05) is 12.1 Å². The number of hydrogen-bond donors (Lipinski definition) is 4. The first kappa shape index (κ1) is 20.0. The number of ether oxygens (including phenoxy) is 1. The molecule has 158 valence electrons. The van der Waals surface area contributed by atoms with E-state index in [1.165, 1.54) is 19.3 Å². The predicted molar refractivity (Wildman–Crippen MR) is 116 cm³/mol. The van der Waals surface area contributed by atoms with Crippen molar-refractivity contribution in [3.05, 3.63) is 24.3 Å². The van der Waals surface area contributed by atoms with Crippen LogP contribution in [0.4, 0.5) is 17.6 Å². The summed E-state index contributed by atoms with van der Waals surface area (Å²) in [4.78, 5) is 18.9. The first-order chi connectivity index (χ1) is 14.5. The summed E-state index contributed by atoms with van der Waals surface area (Å²) < 4.78 is 5.74. The molecule has 1 atom stereocenters. The quantitative estimate of drug-likeness (QED) is 0.462. The monoisotopic (exact) mass is 410 g/mol. The van der Waals surface area contributed by atoms with E-state index in [9.17, 15) is 5.11 Å². The maximum Gasteiger partial charge on any atom is 0.224 e. The van der Waals surface area contributed by atoms with E-state index < -0.39 is 6.10 Å². The smallest absolute Gasteiger partial charge is 0.224 e. The molecule has 1 aliphatic heterocycles. The van der Waals surface area contributed by atoms with Gasteiger partial charge >= 0.3 is 0 Å². The van der Waals surface area contributed by atoms with Crippen molar-refractivity contribution in [3.8, 4) is 17.0 Å². The summed E-state index contributed by atoms with van der Waals surface area (Å²) in [7, 11) is 0. The lowest BCUT2D eigenvalue weighted by atomic mass is 10.1. The Morgan fingerprint density at radius 1 is 0.933 bits per heavy atom. The molecule has 30 heavy (non-hydrogen) atoms. The maximum absolute atomic E-state index is 10.2. The lowest BCUT2D eigenvalue weighted by molar-refractivity contribution is 0.0617. The fraction of sp³-hybridized carbons (Fsp3) is 0.400. The van der Waals surface area contributed by atoms with Crippen LogP contribution < -0.4 is 21.9 Å². The van der Waals surface area contributed by atoms with E-state index in [0.29, 0.717) is 23.5 Å². The molecule has 0 bridgehead atoms. The number of aromatic nitrogens is 4. The molecule has 1 aromatic carbocycles. The highest BCUT2D eigenvalue weighted by molar-refractivity contribution is 5.87. The average molecular weight is 410 g/mol. The molecular formula is C20H26N8O2. The number of β-amino-alcohol motifs (C(OH)–C–C–N with tert-alkyl or cyclic N) is 1. The molecule has 1 unspecified atom stereocenters. The van der Waals surface area contributed by atoms with E-state index in [0.717, 1.165) is 18.7 Å². The van der Waals surface area contributed by atoms with Gasteiger partial charge in [0.2, 0.25) is 5.95 Å². The van der Waals surface area contributed by atoms with Gasteiger partial charge in [-0.05, 0) is 50.2 Å². The van der Waals surface area contributed by atoms with Gasteiger partial charge in [0, 0.05) is 12.1 Å². The van der Waals surface area contributed by atoms with E-state index in [1.54, 1.807) is 12.1 Å². The molecule has 3 heterocycles. The van der Waals surface area contributed by atoms with Gasteiger partial charge in [0.15, 0.2) is 22.8 Å². The Morgan fingerprint density at radius 3 is 2.40 bits per heavy atom. The topological polar surface area (TPSA) is 162 Å². The molecule has 0 aliphatic carbocycles. The normalized spacial score (nSPS) is 15.9. The standard InChI is InChI=1S/C20H26N8O2/c21-17-15(24-16-18(22)26-20(23)27-19(16)25-17)12-4-6-14(7-5-12)30-11-13(29)10-28-8-2-1-3-9-28/h4-7,13,29H,1-3,8-11H2,(H6,21,22,23,25,26,27). The minimum Gasteiger partial charge on any atom is -0.491 e. The molecule has 4 rings (SSSR count). The molecular weight excluding hydrogens is 384 g/mol. The molecule has 0 amide bonds. The number of aliphatic hydroxyl groups is 1. The average Bonchev–Trinajstić information content (AvgIpc) is 2.73. The van der Waals surface area contributed by atoms with Gasteiger partial charge in [-0.2, -0.15) is 9.97 Å². The summed E-state index contributed by atoms with van der Waals surface area (Å²) >= 11 is 0. The first-order valence-corrected chi connectivity index (χ1v) is 9.99. The second kappa shape index (κ2) is 8.64. The van der Waals surface area contributed by atoms with Crippen LogP contribution >= 0.6 is 0 Å². The Bertz CT molecular complexity index is 1020. The van der Waals surface area contributed by atoms with E-state index in [-0.39, 0.29) is 29.8 Å². The van der Waals surface area contributed by atoms with Gasteiger partial charge in [-0.15, -0.1) is 0 Å². The highest BCUT2D eigenvalue weighted by atomic mass is 16.5. The van der Waals surface area contributed by atoms with Gasteiger partial charge < -0.3 is 31.9 Å². The summed E-state index contributed by atoms with van der Waals surface area (Å²) in [5.41, 5.74) is 19.4. The molecule has 1 saturated heterocycles. The third-order valence-electron chi connectivity index (χ3n) is 5.09. The molecule has 7 N–H and O–H groups in total. The number of likely N-dealkylation sites (tertiary alicyclic amines) is 1. The van der Waals surface area contributed by atoms with E-state index in [2.05, 4.69) is 24.8 Å². The third-order valence-corrected chi connectivity index (χ3v) is 5.09. The Kier molecular flexibility index (Phi) is 5.77. The highest BCUT2D eigenvalue weighted by Gasteiger charge is 2.16. The fourth-order valence-electron chi connectivity index (χ4n) is 3.61. The van der Waals surface area contributed by atoms with Gasteiger partial charge in [-0.25, -0.2) is 9.97 Å². The molecule has 2 aromatic heterocycles. The van der Waals surface area contributed by atoms with Gasteiger partial charge in [-0.3, -0.25) is 0 Å². The molecule has 1 fully saturated rings. The van der Waals surface area contributed by atoms with Gasteiger partial charge in [0.25, 0.3) is 0 Å². The molecule has 1 aliphatic rings. The zero-order valence-corrected chi connectivity index (χ0v) is 16.7. The fourth-order valence-corrected chi connectivity index (χ4v) is 3.61. The highest BCUT2D eigenvalue weighted by Crippen LogP contribution is 2.28. The summed E-state index contributed by atoms with van der Waals surface area (Å²) in [5, 5.41) is 10.2. The SMILES string of the molecule is Nc1nc(N)c2nc(-c3ccc(OCC(O)CN4CCCCC4)cc3)c(N)nc2n1. The van der Waals surface area contributed by atoms with Crippen molar-refractivity contribution in [2.24, 2.45) is 0 Å². The molecule has 0 saturated carbocycles. The number of fused-ring (bicyclic) bond motifs is 1. The van der Waals surface area contributed by atoms with Crippen LogP contribution in [-0.2, 0) is 0 Å². The first-order valence-electron chi connectivity index (χ1n) is 9.99. The van der Waals surface area contributed by atoms with Gasteiger partial charge in [0.05, 0.1) is 0 Å². The van der Waals surface area contributed by atoms with Crippen molar-refractivity contribution in [2.75, 3.05) is 43.4 Å². The Labute approximate surface area is 174 Å². The summed E-state index contributed by atoms with van der Waals surface area (Å²) in [5.74, 6) is 1.03. The Hall–Kier alpha value is -3.24. The van der Waals surface area contributed by atoms with Crippen LogP contribution in [0.3, 0.4) is 0 Å². The number of nitrogens with zero attached hydrogens (tertiary/aromatic N) is 5. The molecule has 0 spiro atoms. The van der Waals surface area contributed by atoms with Crippen LogP contribution in [0.5, 0.6) is 5.75 Å². The number of nitrogens with two attached hydrogens (primary N) is 3. The molecule has 10 heteroatoms. The summed E-state index contributed by atoms with van der Waals surface area (Å²) in [6.07, 6.45) is 3.14. The molecule has 0 radical (unpaired) electrons. The van der Waals surface area contributed by atoms with Crippen molar-refractivity contribution >= 4 is 28.7 Å². The molecule has 3 aromatic rings. The van der Waals surface area contributed by atoms with E-state index >= 15 is 0 Å². The zero-order valence-electron chi connectivity index (χ0n) is 16.7. The number of piperidine rings is 1. The van der Waals surface area contributed by atoms with Crippen molar-refractivity contribution < 1.29 is 9.84 Å². The number of anilines is 3. The van der Waals surface area contributed by atoms with Crippen LogP contribution in [0.2, 0.25) is 0 Å². The number of hydrogen-bond acceptors (Lipinski definition) is 10. The zero-order chi connectivity index (χ0) is 21.1. The van der Waals surface area contributed by atoms with Gasteiger partial charge in [-0.1, -0.05) is 6.42 Å². The van der Waals surface area contributed by atoms with Crippen molar-refractivity contribution in [3.63, 3.8) is 0 Å². The van der Waals surface area contributed by atoms with Crippen LogP contribution in [0.15, 0.2) is 24.3 Å². The second-order valence-corrected chi connectivity index (χ2v) is 7.45. The Morgan fingerprint density at radius 2 is 1.67 bits per heavy atom. The Balaban J connectivity index is 1.43. The van der Waals surface area contributed by atoms with Crippen molar-refractivity contribution in [2.45, 2.75) is 25.4 Å². The minimum atomic E-state index is -0.528. The van der Waals surface area contributed by atoms with Gasteiger partial charge in [0.1, 0.15) is 24.2 Å².